The molecular formula is C29H27N5O4S. The third-order valence-corrected chi connectivity index (χ3v) is 8.07. The Balaban J connectivity index is 1.60. The van der Waals surface area contributed by atoms with E-state index in [4.69, 9.17) is 9.72 Å². The number of fused-ring (bicyclic) bond motifs is 1. The maximum atomic E-state index is 13.1. The van der Waals surface area contributed by atoms with Crippen molar-refractivity contribution >= 4 is 20.7 Å². The van der Waals surface area contributed by atoms with Crippen LogP contribution in [0.2, 0.25) is 0 Å². The van der Waals surface area contributed by atoms with Gasteiger partial charge in [-0.2, -0.15) is 5.10 Å². The van der Waals surface area contributed by atoms with Crippen molar-refractivity contribution in [2.24, 2.45) is 20.0 Å². The molecule has 0 amide bonds. The summed E-state index contributed by atoms with van der Waals surface area (Å²) in [5.41, 5.74) is 3.70. The zero-order valence-electron chi connectivity index (χ0n) is 21.8. The Bertz CT molecular complexity index is 1910. The van der Waals surface area contributed by atoms with E-state index in [2.05, 4.69) is 10.1 Å². The van der Waals surface area contributed by atoms with Crippen LogP contribution in [0.4, 0.5) is 0 Å². The second-order valence-electron chi connectivity index (χ2n) is 10.1. The van der Waals surface area contributed by atoms with Crippen LogP contribution in [0.3, 0.4) is 0 Å². The molecule has 1 aliphatic carbocycles. The van der Waals surface area contributed by atoms with Crippen LogP contribution in [0.5, 0.6) is 5.75 Å². The van der Waals surface area contributed by atoms with E-state index in [1.807, 2.05) is 37.5 Å². The van der Waals surface area contributed by atoms with Crippen molar-refractivity contribution in [1.82, 2.24) is 24.3 Å². The highest BCUT2D eigenvalue weighted by atomic mass is 32.2. The van der Waals surface area contributed by atoms with Gasteiger partial charge in [-0.05, 0) is 42.5 Å². The topological polar surface area (TPSA) is 109 Å². The second kappa shape index (κ2) is 9.46. The van der Waals surface area contributed by atoms with E-state index in [1.54, 1.807) is 48.5 Å². The number of hydrogen-bond donors (Lipinski definition) is 0. The molecular weight excluding hydrogens is 514 g/mol. The Morgan fingerprint density at radius 1 is 0.974 bits per heavy atom. The van der Waals surface area contributed by atoms with Crippen molar-refractivity contribution in [3.05, 3.63) is 77.6 Å². The molecule has 5 aromatic rings. The van der Waals surface area contributed by atoms with E-state index >= 15 is 0 Å². The number of sulfone groups is 1. The van der Waals surface area contributed by atoms with E-state index in [0.29, 0.717) is 57.3 Å². The first kappa shape index (κ1) is 25.0. The number of ether oxygens (including phenoxy) is 1. The van der Waals surface area contributed by atoms with Gasteiger partial charge in [-0.3, -0.25) is 9.48 Å². The van der Waals surface area contributed by atoms with Gasteiger partial charge in [0.15, 0.2) is 15.7 Å². The molecule has 2 aromatic carbocycles. The van der Waals surface area contributed by atoms with Crippen LogP contribution < -0.4 is 10.3 Å². The number of hydrogen-bond acceptors (Lipinski definition) is 7. The van der Waals surface area contributed by atoms with Gasteiger partial charge >= 0.3 is 0 Å². The monoisotopic (exact) mass is 541 g/mol. The first-order valence-corrected chi connectivity index (χ1v) is 14.5. The highest BCUT2D eigenvalue weighted by Crippen LogP contribution is 2.40. The highest BCUT2D eigenvalue weighted by Gasteiger charge is 2.24. The van der Waals surface area contributed by atoms with E-state index < -0.39 is 9.84 Å². The maximum Gasteiger partial charge on any atom is 0.261 e. The first-order chi connectivity index (χ1) is 18.7. The molecule has 10 heteroatoms. The Morgan fingerprint density at radius 3 is 2.49 bits per heavy atom. The van der Waals surface area contributed by atoms with Gasteiger partial charge < -0.3 is 9.30 Å². The minimum atomic E-state index is -3.47. The third kappa shape index (κ3) is 4.83. The molecule has 0 atom stereocenters. The van der Waals surface area contributed by atoms with Gasteiger partial charge in [0, 0.05) is 55.6 Å². The van der Waals surface area contributed by atoms with Gasteiger partial charge in [0.2, 0.25) is 0 Å². The summed E-state index contributed by atoms with van der Waals surface area (Å²) in [5, 5.41) is 4.59. The van der Waals surface area contributed by atoms with Gasteiger partial charge in [-0.15, -0.1) is 0 Å². The lowest BCUT2D eigenvalue weighted by atomic mass is 9.97. The number of rotatable bonds is 7. The van der Waals surface area contributed by atoms with Crippen molar-refractivity contribution in [3.8, 4) is 39.4 Å². The highest BCUT2D eigenvalue weighted by molar-refractivity contribution is 7.90. The minimum absolute atomic E-state index is 0.217. The summed E-state index contributed by atoms with van der Waals surface area (Å²) in [6.07, 6.45) is 10.3. The van der Waals surface area contributed by atoms with Gasteiger partial charge in [-0.1, -0.05) is 24.3 Å². The van der Waals surface area contributed by atoms with Crippen LogP contribution in [-0.2, 0) is 23.9 Å². The molecule has 0 bridgehead atoms. The zero-order valence-corrected chi connectivity index (χ0v) is 22.6. The number of aromatic nitrogens is 5. The normalized spacial score (nSPS) is 13.6. The fourth-order valence-electron chi connectivity index (χ4n) is 4.67. The van der Waals surface area contributed by atoms with Crippen molar-refractivity contribution in [2.45, 2.75) is 17.7 Å². The molecule has 3 aromatic heterocycles. The number of benzene rings is 2. The lowest BCUT2D eigenvalue weighted by Gasteiger charge is -2.17. The van der Waals surface area contributed by atoms with Gasteiger partial charge in [-0.25, -0.2) is 18.4 Å². The molecule has 1 aliphatic rings. The molecule has 0 radical (unpaired) electrons. The predicted molar refractivity (Wildman–Crippen MR) is 149 cm³/mol. The zero-order chi connectivity index (χ0) is 27.3. The summed E-state index contributed by atoms with van der Waals surface area (Å²) < 4.78 is 34.6. The summed E-state index contributed by atoms with van der Waals surface area (Å²) in [6, 6.07) is 12.6. The molecule has 0 N–H and O–H groups in total. The molecule has 0 saturated heterocycles. The molecule has 6 rings (SSSR count). The minimum Gasteiger partial charge on any atom is -0.493 e. The average molecular weight is 542 g/mol. The van der Waals surface area contributed by atoms with Crippen LogP contribution >= 0.6 is 0 Å². The number of nitrogens with zero attached hydrogens (tertiary/aromatic N) is 5. The molecule has 0 unspecified atom stereocenters. The molecule has 9 nitrogen and oxygen atoms in total. The van der Waals surface area contributed by atoms with Crippen LogP contribution in [0.25, 0.3) is 44.5 Å². The van der Waals surface area contributed by atoms with Crippen LogP contribution in [-0.4, -0.2) is 45.6 Å². The average Bonchev–Trinajstić information content (AvgIpc) is 3.66. The maximum absolute atomic E-state index is 13.1. The van der Waals surface area contributed by atoms with Crippen molar-refractivity contribution in [1.29, 1.82) is 0 Å². The van der Waals surface area contributed by atoms with Crippen molar-refractivity contribution in [2.75, 3.05) is 12.9 Å². The van der Waals surface area contributed by atoms with Crippen LogP contribution in [0.15, 0.2) is 76.9 Å². The summed E-state index contributed by atoms with van der Waals surface area (Å²) in [7, 11) is 0.0340. The number of pyridine rings is 1. The number of aryl methyl sites for hydroxylation is 2. The fourth-order valence-corrected chi connectivity index (χ4v) is 5.59. The molecule has 3 heterocycles. The third-order valence-electron chi connectivity index (χ3n) is 6.92. The molecule has 0 spiro atoms. The summed E-state index contributed by atoms with van der Waals surface area (Å²) in [4.78, 5) is 22.6. The van der Waals surface area contributed by atoms with Crippen LogP contribution in [0.1, 0.15) is 12.8 Å². The first-order valence-electron chi connectivity index (χ1n) is 12.6. The van der Waals surface area contributed by atoms with Crippen molar-refractivity contribution < 1.29 is 13.2 Å². The quantitative estimate of drug-likeness (QED) is 0.303. The van der Waals surface area contributed by atoms with Crippen molar-refractivity contribution in [3.63, 3.8) is 0 Å². The Kier molecular flexibility index (Phi) is 6.06. The van der Waals surface area contributed by atoms with E-state index in [0.717, 1.165) is 18.4 Å². The predicted octanol–water partition coefficient (Wildman–Crippen LogP) is 4.26. The lowest BCUT2D eigenvalue weighted by Crippen LogP contribution is -2.17. The van der Waals surface area contributed by atoms with Crippen LogP contribution in [0, 0.1) is 5.92 Å². The SMILES string of the molecule is Cn1cc(-c2ncc3c(=O)n(C)cc(-c4cc(-c5ccccc5S(C)(=O)=O)ccc4OCC4CC4)c3n2)cn1. The lowest BCUT2D eigenvalue weighted by molar-refractivity contribution is 0.301. The Morgan fingerprint density at radius 2 is 1.77 bits per heavy atom. The molecule has 0 aliphatic heterocycles. The standard InChI is InChI=1S/C29H27N5O4S/c1-33-16-24(27-23(29(33)35)14-30-28(32-27)20-13-31-34(2)15-20)22-12-19(10-11-25(22)38-17-18-8-9-18)21-6-4-5-7-26(21)39(3,36)37/h4-7,10-16,18H,8-9,17H2,1-3H3. The summed E-state index contributed by atoms with van der Waals surface area (Å²) in [6.45, 7) is 0.589. The smallest absolute Gasteiger partial charge is 0.261 e. The van der Waals surface area contributed by atoms with Gasteiger partial charge in [0.05, 0.1) is 34.2 Å². The summed E-state index contributed by atoms with van der Waals surface area (Å²) in [5.74, 6) is 1.62. The second-order valence-corrected chi connectivity index (χ2v) is 12.0. The van der Waals surface area contributed by atoms with E-state index in [1.165, 1.54) is 10.8 Å². The molecule has 198 valence electrons. The van der Waals surface area contributed by atoms with Gasteiger partial charge in [0.1, 0.15) is 5.75 Å². The Hall–Kier alpha value is -4.31. The van der Waals surface area contributed by atoms with Gasteiger partial charge in [0.25, 0.3) is 5.56 Å². The van der Waals surface area contributed by atoms with E-state index in [9.17, 15) is 13.2 Å². The molecule has 1 fully saturated rings. The Labute approximate surface area is 225 Å². The largest absolute Gasteiger partial charge is 0.493 e. The fraction of sp³-hybridized carbons (Fsp3) is 0.241. The van der Waals surface area contributed by atoms with E-state index in [-0.39, 0.29) is 10.5 Å². The molecule has 1 saturated carbocycles. The summed E-state index contributed by atoms with van der Waals surface area (Å²) >= 11 is 0. The molecule has 39 heavy (non-hydrogen) atoms.